The van der Waals surface area contributed by atoms with Crippen molar-refractivity contribution >= 4 is 35.3 Å². The van der Waals surface area contributed by atoms with E-state index in [4.69, 9.17) is 16.7 Å². The second-order valence-electron chi connectivity index (χ2n) is 5.43. The van der Waals surface area contributed by atoms with Gasteiger partial charge in [0.25, 0.3) is 0 Å². The number of carbonyl (C=O) groups is 4. The minimum absolute atomic E-state index is 0.0590. The maximum absolute atomic E-state index is 12.8. The van der Waals surface area contributed by atoms with Crippen LogP contribution < -0.4 is 0 Å². The monoisotopic (exact) mass is 394 g/mol. The van der Waals surface area contributed by atoms with Gasteiger partial charge >= 0.3 is 17.9 Å². The lowest BCUT2D eigenvalue weighted by Gasteiger charge is -2.14. The summed E-state index contributed by atoms with van der Waals surface area (Å²) >= 11 is 5.90. The second kappa shape index (κ2) is 6.96. The van der Waals surface area contributed by atoms with Crippen molar-refractivity contribution in [3.8, 4) is 11.5 Å². The summed E-state index contributed by atoms with van der Waals surface area (Å²) in [5.41, 5.74) is -4.27. The number of carboxylic acids is 3. The molecule has 0 saturated heterocycles. The van der Waals surface area contributed by atoms with Crippen molar-refractivity contribution in [2.24, 2.45) is 0 Å². The van der Waals surface area contributed by atoms with E-state index in [0.717, 1.165) is 12.1 Å². The van der Waals surface area contributed by atoms with E-state index in [2.05, 4.69) is 0 Å². The molecular formula is C17H11ClO9. The SMILES string of the molecule is Cc1cc(O)c(C(=O)c2cc(C(=O)O)c(O)c(C(=O)O)c2C(=O)O)cc1Cl. The molecule has 0 amide bonds. The van der Waals surface area contributed by atoms with Crippen molar-refractivity contribution in [3.05, 3.63) is 56.6 Å². The van der Waals surface area contributed by atoms with Crippen molar-refractivity contribution in [1.29, 1.82) is 0 Å². The zero-order valence-electron chi connectivity index (χ0n) is 13.5. The molecule has 0 saturated carbocycles. The molecule has 0 aromatic heterocycles. The van der Waals surface area contributed by atoms with Crippen molar-refractivity contribution in [3.63, 3.8) is 0 Å². The maximum Gasteiger partial charge on any atom is 0.340 e. The van der Waals surface area contributed by atoms with Gasteiger partial charge in [0.15, 0.2) is 5.78 Å². The topological polar surface area (TPSA) is 169 Å². The molecule has 0 aliphatic carbocycles. The van der Waals surface area contributed by atoms with E-state index in [0.29, 0.717) is 11.6 Å². The first-order chi connectivity index (χ1) is 12.5. The van der Waals surface area contributed by atoms with E-state index in [1.165, 1.54) is 6.92 Å². The van der Waals surface area contributed by atoms with Crippen molar-refractivity contribution in [2.45, 2.75) is 6.92 Å². The van der Waals surface area contributed by atoms with Crippen LogP contribution >= 0.6 is 11.6 Å². The van der Waals surface area contributed by atoms with Crippen LogP contribution in [-0.4, -0.2) is 49.2 Å². The van der Waals surface area contributed by atoms with E-state index in [-0.39, 0.29) is 5.02 Å². The van der Waals surface area contributed by atoms with Crippen LogP contribution in [0.2, 0.25) is 5.02 Å². The number of ketones is 1. The van der Waals surface area contributed by atoms with Gasteiger partial charge in [-0.3, -0.25) is 4.79 Å². The molecule has 0 fully saturated rings. The Morgan fingerprint density at radius 1 is 0.778 bits per heavy atom. The van der Waals surface area contributed by atoms with Crippen LogP contribution in [0.4, 0.5) is 0 Å². The van der Waals surface area contributed by atoms with Gasteiger partial charge in [0.1, 0.15) is 22.6 Å². The molecule has 0 heterocycles. The molecule has 0 radical (unpaired) electrons. The number of halogens is 1. The zero-order chi connectivity index (χ0) is 20.6. The first-order valence-electron chi connectivity index (χ1n) is 7.11. The average Bonchev–Trinajstić information content (AvgIpc) is 2.56. The Hall–Kier alpha value is -3.59. The summed E-state index contributed by atoms with van der Waals surface area (Å²) in [6, 6.07) is 2.70. The van der Waals surface area contributed by atoms with Crippen molar-refractivity contribution in [1.82, 2.24) is 0 Å². The van der Waals surface area contributed by atoms with Gasteiger partial charge in [-0.05, 0) is 30.7 Å². The predicted molar refractivity (Wildman–Crippen MR) is 90.3 cm³/mol. The number of phenols is 2. The Bertz CT molecular complexity index is 1020. The quantitative estimate of drug-likeness (QED) is 0.477. The molecule has 10 heteroatoms. The standard InChI is InChI=1S/C17H11ClO9/c1-5-2-10(19)6(4-9(5)18)13(20)7-3-8(15(22)23)14(21)12(17(26)27)11(7)16(24)25/h2-4,19,21H,1H3,(H,22,23)(H,24,25)(H,26,27). The van der Waals surface area contributed by atoms with Gasteiger partial charge in [-0.1, -0.05) is 11.6 Å². The summed E-state index contributed by atoms with van der Waals surface area (Å²) < 4.78 is 0. The van der Waals surface area contributed by atoms with E-state index >= 15 is 0 Å². The first kappa shape index (κ1) is 19.7. The highest BCUT2D eigenvalue weighted by Crippen LogP contribution is 2.34. The van der Waals surface area contributed by atoms with Gasteiger partial charge in [0.05, 0.1) is 11.1 Å². The highest BCUT2D eigenvalue weighted by atomic mass is 35.5. The van der Waals surface area contributed by atoms with Crippen molar-refractivity contribution < 1.29 is 44.7 Å². The minimum atomic E-state index is -1.95. The number of hydrogen-bond donors (Lipinski definition) is 5. The maximum atomic E-state index is 12.8. The number of rotatable bonds is 5. The predicted octanol–water partition coefficient (Wildman–Crippen LogP) is 2.39. The number of benzene rings is 2. The molecule has 0 atom stereocenters. The number of aromatic hydroxyl groups is 2. The highest BCUT2D eigenvalue weighted by Gasteiger charge is 2.32. The largest absolute Gasteiger partial charge is 0.507 e. The van der Waals surface area contributed by atoms with E-state index in [1.54, 1.807) is 0 Å². The fourth-order valence-corrected chi connectivity index (χ4v) is 2.60. The van der Waals surface area contributed by atoms with Crippen LogP contribution in [0, 0.1) is 6.92 Å². The molecule has 5 N–H and O–H groups in total. The lowest BCUT2D eigenvalue weighted by molar-refractivity contribution is 0.0643. The molecule has 2 aromatic carbocycles. The van der Waals surface area contributed by atoms with Gasteiger partial charge < -0.3 is 25.5 Å². The number of hydrogen-bond acceptors (Lipinski definition) is 6. The van der Waals surface area contributed by atoms with Crippen LogP contribution in [0.3, 0.4) is 0 Å². The Labute approximate surface area is 155 Å². The van der Waals surface area contributed by atoms with Gasteiger partial charge in [0.2, 0.25) is 0 Å². The first-order valence-corrected chi connectivity index (χ1v) is 7.48. The average molecular weight is 395 g/mol. The third kappa shape index (κ3) is 3.40. The molecule has 140 valence electrons. The molecule has 2 rings (SSSR count). The van der Waals surface area contributed by atoms with Gasteiger partial charge in [0, 0.05) is 10.6 Å². The molecule has 27 heavy (non-hydrogen) atoms. The van der Waals surface area contributed by atoms with Crippen LogP contribution in [0.1, 0.15) is 52.6 Å². The normalized spacial score (nSPS) is 10.4. The fraction of sp³-hybridized carbons (Fsp3) is 0.0588. The lowest BCUT2D eigenvalue weighted by Crippen LogP contribution is -2.18. The Kier molecular flexibility index (Phi) is 5.09. The van der Waals surface area contributed by atoms with E-state index in [1.807, 2.05) is 0 Å². The second-order valence-corrected chi connectivity index (χ2v) is 5.84. The van der Waals surface area contributed by atoms with Crippen LogP contribution in [0.25, 0.3) is 0 Å². The summed E-state index contributed by atoms with van der Waals surface area (Å²) in [5, 5.41) is 47.6. The Balaban J connectivity index is 2.92. The van der Waals surface area contributed by atoms with Crippen LogP contribution in [-0.2, 0) is 0 Å². The summed E-state index contributed by atoms with van der Waals surface area (Å²) in [5.74, 6) is -8.69. The van der Waals surface area contributed by atoms with Gasteiger partial charge in [-0.2, -0.15) is 0 Å². The molecule has 0 bridgehead atoms. The minimum Gasteiger partial charge on any atom is -0.507 e. The van der Waals surface area contributed by atoms with Crippen LogP contribution in [0.5, 0.6) is 11.5 Å². The van der Waals surface area contributed by atoms with Crippen LogP contribution in [0.15, 0.2) is 18.2 Å². The summed E-state index contributed by atoms with van der Waals surface area (Å²) in [6.45, 7) is 1.53. The molecule has 9 nitrogen and oxygen atoms in total. The van der Waals surface area contributed by atoms with E-state index in [9.17, 15) is 39.6 Å². The van der Waals surface area contributed by atoms with Crippen molar-refractivity contribution in [2.75, 3.05) is 0 Å². The highest BCUT2D eigenvalue weighted by molar-refractivity contribution is 6.32. The Morgan fingerprint density at radius 2 is 1.33 bits per heavy atom. The number of aromatic carboxylic acids is 3. The smallest absolute Gasteiger partial charge is 0.340 e. The number of phenolic OH excluding ortho intramolecular Hbond substituents is 1. The zero-order valence-corrected chi connectivity index (χ0v) is 14.2. The molecule has 0 spiro atoms. The number of carboxylic acid groups (broad SMARTS) is 3. The molecular weight excluding hydrogens is 384 g/mol. The molecule has 0 aliphatic rings. The molecule has 2 aromatic rings. The fourth-order valence-electron chi connectivity index (χ4n) is 2.44. The Morgan fingerprint density at radius 3 is 1.81 bits per heavy atom. The molecule has 0 aliphatic heterocycles. The summed E-state index contributed by atoms with van der Waals surface area (Å²) in [7, 11) is 0. The van der Waals surface area contributed by atoms with E-state index < -0.39 is 63.0 Å². The molecule has 0 unspecified atom stereocenters. The number of aryl methyl sites for hydroxylation is 1. The summed E-state index contributed by atoms with van der Waals surface area (Å²) in [6.07, 6.45) is 0. The third-order valence-corrected chi connectivity index (χ3v) is 4.13. The lowest BCUT2D eigenvalue weighted by atomic mass is 9.90. The third-order valence-electron chi connectivity index (χ3n) is 3.72. The summed E-state index contributed by atoms with van der Waals surface area (Å²) in [4.78, 5) is 47.0. The van der Waals surface area contributed by atoms with Gasteiger partial charge in [-0.15, -0.1) is 0 Å². The van der Waals surface area contributed by atoms with Gasteiger partial charge in [-0.25, -0.2) is 14.4 Å². The number of carbonyl (C=O) groups excluding carboxylic acids is 1.